The van der Waals surface area contributed by atoms with Crippen molar-refractivity contribution in [2.45, 2.75) is 52.2 Å². The molecule has 1 unspecified atom stereocenters. The van der Waals surface area contributed by atoms with Crippen molar-refractivity contribution in [1.82, 2.24) is 5.32 Å². The van der Waals surface area contributed by atoms with Gasteiger partial charge >= 0.3 is 0 Å². The molecule has 2 saturated carbocycles. The Morgan fingerprint density at radius 3 is 2.84 bits per heavy atom. The molecule has 5 atom stereocenters. The van der Waals surface area contributed by atoms with E-state index in [1.54, 1.807) is 19.1 Å². The lowest BCUT2D eigenvalue weighted by Crippen LogP contribution is -2.58. The third-order valence-electron chi connectivity index (χ3n) is 7.12. The molecule has 2 bridgehead atoms. The minimum Gasteiger partial charge on any atom is -0.373 e. The smallest absolute Gasteiger partial charge is 0.217 e. The van der Waals surface area contributed by atoms with Gasteiger partial charge in [-0.25, -0.2) is 4.39 Å². The fourth-order valence-corrected chi connectivity index (χ4v) is 6.19. The molecule has 3 nitrogen and oxygen atoms in total. The highest BCUT2D eigenvalue weighted by Gasteiger charge is 2.68. The molecular weight excluding hydrogens is 341 g/mol. The molecule has 3 aliphatic rings. The zero-order chi connectivity index (χ0) is 18.0. The summed E-state index contributed by atoms with van der Waals surface area (Å²) in [6.07, 6.45) is 2.78. The van der Waals surface area contributed by atoms with Crippen molar-refractivity contribution in [3.8, 4) is 0 Å². The fraction of sp³-hybridized carbons (Fsp3) is 0.650. The van der Waals surface area contributed by atoms with Gasteiger partial charge in [0.15, 0.2) is 0 Å². The van der Waals surface area contributed by atoms with Crippen LogP contribution >= 0.6 is 11.6 Å². The SMILES string of the molecule is CC(=O)N[C@H]1C(C)(C)[C@@H]2C[C@@H]3[C@@H](c4ccc(Cl)cc4F)OCCC31C2. The number of benzene rings is 1. The van der Waals surface area contributed by atoms with E-state index in [0.717, 1.165) is 19.3 Å². The van der Waals surface area contributed by atoms with E-state index in [-0.39, 0.29) is 40.6 Å². The highest BCUT2D eigenvalue weighted by molar-refractivity contribution is 6.30. The second kappa shape index (κ2) is 5.68. The topological polar surface area (TPSA) is 38.3 Å². The monoisotopic (exact) mass is 365 g/mol. The predicted molar refractivity (Wildman–Crippen MR) is 94.8 cm³/mol. The van der Waals surface area contributed by atoms with E-state index >= 15 is 0 Å². The van der Waals surface area contributed by atoms with Gasteiger partial charge in [0, 0.05) is 30.2 Å². The van der Waals surface area contributed by atoms with Gasteiger partial charge in [0.2, 0.25) is 5.91 Å². The van der Waals surface area contributed by atoms with E-state index in [1.165, 1.54) is 6.07 Å². The zero-order valence-electron chi connectivity index (χ0n) is 14.9. The van der Waals surface area contributed by atoms with E-state index in [2.05, 4.69) is 19.2 Å². The van der Waals surface area contributed by atoms with Gasteiger partial charge in [0.25, 0.3) is 0 Å². The van der Waals surface area contributed by atoms with Crippen molar-refractivity contribution in [3.05, 3.63) is 34.6 Å². The Morgan fingerprint density at radius 2 is 2.16 bits per heavy atom. The van der Waals surface area contributed by atoms with Gasteiger partial charge in [-0.3, -0.25) is 4.79 Å². The molecule has 1 amide bonds. The minimum absolute atomic E-state index is 0.00513. The molecule has 2 aliphatic carbocycles. The summed E-state index contributed by atoms with van der Waals surface area (Å²) >= 11 is 5.92. The van der Waals surface area contributed by atoms with Crippen LogP contribution in [0.5, 0.6) is 0 Å². The van der Waals surface area contributed by atoms with Crippen LogP contribution in [0, 0.1) is 28.5 Å². The van der Waals surface area contributed by atoms with Crippen LogP contribution in [-0.4, -0.2) is 18.6 Å². The summed E-state index contributed by atoms with van der Waals surface area (Å²) < 4.78 is 20.6. The van der Waals surface area contributed by atoms with Crippen LogP contribution < -0.4 is 5.32 Å². The Hall–Kier alpha value is -1.13. The van der Waals surface area contributed by atoms with Crippen molar-refractivity contribution in [3.63, 3.8) is 0 Å². The van der Waals surface area contributed by atoms with E-state index < -0.39 is 0 Å². The number of fused-ring (bicyclic) bond motifs is 1. The van der Waals surface area contributed by atoms with Crippen LogP contribution in [0.3, 0.4) is 0 Å². The highest BCUT2D eigenvalue weighted by Crippen LogP contribution is 2.70. The summed E-state index contributed by atoms with van der Waals surface area (Å²) in [5, 5.41) is 3.64. The predicted octanol–water partition coefficient (Wildman–Crippen LogP) is 4.50. The van der Waals surface area contributed by atoms with Crippen molar-refractivity contribution >= 4 is 17.5 Å². The van der Waals surface area contributed by atoms with Crippen LogP contribution in [0.4, 0.5) is 4.39 Å². The van der Waals surface area contributed by atoms with Gasteiger partial charge in [-0.15, -0.1) is 0 Å². The first-order chi connectivity index (χ1) is 11.8. The van der Waals surface area contributed by atoms with Gasteiger partial charge in [0.1, 0.15) is 5.82 Å². The molecule has 3 fully saturated rings. The molecule has 1 aromatic carbocycles. The lowest BCUT2D eigenvalue weighted by Gasteiger charge is -2.53. The molecule has 136 valence electrons. The van der Waals surface area contributed by atoms with Gasteiger partial charge < -0.3 is 10.1 Å². The standard InChI is InChI=1S/C20H25ClFNO2/c1-11(24)23-18-19(2,3)12-8-15-17(25-7-6-20(15,18)10-12)14-5-4-13(21)9-16(14)22/h4-5,9,12,15,17-18H,6-8,10H2,1-3H3,(H,23,24)/t12-,15-,17-,18+,20?/m1/s1. The molecule has 1 aromatic rings. The third-order valence-corrected chi connectivity index (χ3v) is 7.36. The molecule has 1 spiro atoms. The number of amides is 1. The maximum atomic E-state index is 14.6. The first kappa shape index (κ1) is 17.3. The number of carbonyl (C=O) groups is 1. The number of carbonyl (C=O) groups excluding carboxylic acids is 1. The van der Waals surface area contributed by atoms with Crippen LogP contribution in [0.2, 0.25) is 5.02 Å². The Balaban J connectivity index is 1.73. The van der Waals surface area contributed by atoms with Gasteiger partial charge in [-0.1, -0.05) is 31.5 Å². The van der Waals surface area contributed by atoms with Crippen LogP contribution in [0.15, 0.2) is 18.2 Å². The molecule has 1 N–H and O–H groups in total. The summed E-state index contributed by atoms with van der Waals surface area (Å²) in [6.45, 7) is 6.71. The molecule has 5 heteroatoms. The van der Waals surface area contributed by atoms with Crippen LogP contribution in [0.1, 0.15) is 51.7 Å². The van der Waals surface area contributed by atoms with Crippen molar-refractivity contribution in [2.75, 3.05) is 6.61 Å². The number of rotatable bonds is 2. The fourth-order valence-electron chi connectivity index (χ4n) is 6.03. The summed E-state index contributed by atoms with van der Waals surface area (Å²) in [7, 11) is 0. The largest absolute Gasteiger partial charge is 0.373 e. The van der Waals surface area contributed by atoms with Crippen molar-refractivity contribution in [1.29, 1.82) is 0 Å². The maximum absolute atomic E-state index is 14.6. The number of ether oxygens (including phenoxy) is 1. The van der Waals surface area contributed by atoms with E-state index in [4.69, 9.17) is 16.3 Å². The molecule has 1 saturated heterocycles. The van der Waals surface area contributed by atoms with Gasteiger partial charge in [-0.2, -0.15) is 0 Å². The van der Waals surface area contributed by atoms with Crippen LogP contribution in [-0.2, 0) is 9.53 Å². The van der Waals surface area contributed by atoms with Crippen molar-refractivity contribution < 1.29 is 13.9 Å². The zero-order valence-corrected chi connectivity index (χ0v) is 15.7. The average molecular weight is 366 g/mol. The van der Waals surface area contributed by atoms with Crippen molar-refractivity contribution in [2.24, 2.45) is 22.7 Å². The molecule has 1 aliphatic heterocycles. The van der Waals surface area contributed by atoms with Gasteiger partial charge in [-0.05, 0) is 54.1 Å². The minimum atomic E-state index is -0.298. The number of nitrogens with one attached hydrogen (secondary N) is 1. The first-order valence-corrected chi connectivity index (χ1v) is 9.47. The quantitative estimate of drug-likeness (QED) is 0.838. The normalized spacial score (nSPS) is 38.4. The Labute approximate surface area is 153 Å². The molecule has 4 rings (SSSR count). The number of halogens is 2. The third kappa shape index (κ3) is 2.44. The Bertz CT molecular complexity index is 722. The van der Waals surface area contributed by atoms with E-state index in [0.29, 0.717) is 23.1 Å². The van der Waals surface area contributed by atoms with Crippen LogP contribution in [0.25, 0.3) is 0 Å². The lowest BCUT2D eigenvalue weighted by atomic mass is 9.59. The second-order valence-electron chi connectivity index (χ2n) is 8.64. The molecule has 0 aromatic heterocycles. The summed E-state index contributed by atoms with van der Waals surface area (Å²) in [4.78, 5) is 11.9. The van der Waals surface area contributed by atoms with E-state index in [1.807, 2.05) is 0 Å². The maximum Gasteiger partial charge on any atom is 0.217 e. The highest BCUT2D eigenvalue weighted by atomic mass is 35.5. The van der Waals surface area contributed by atoms with E-state index in [9.17, 15) is 9.18 Å². The molecule has 25 heavy (non-hydrogen) atoms. The summed E-state index contributed by atoms with van der Waals surface area (Å²) in [6, 6.07) is 4.96. The lowest BCUT2D eigenvalue weighted by molar-refractivity contribution is -0.136. The Morgan fingerprint density at radius 1 is 1.40 bits per heavy atom. The number of hydrogen-bond acceptors (Lipinski definition) is 2. The average Bonchev–Trinajstić information content (AvgIpc) is 3.00. The Kier molecular flexibility index (Phi) is 3.93. The molecule has 0 radical (unpaired) electrons. The summed E-state index contributed by atoms with van der Waals surface area (Å²) in [5.74, 6) is 0.466. The molecular formula is C20H25ClFNO2. The molecule has 1 heterocycles. The number of hydrogen-bond donors (Lipinski definition) is 1. The van der Waals surface area contributed by atoms with Gasteiger partial charge in [0.05, 0.1) is 6.10 Å². The first-order valence-electron chi connectivity index (χ1n) is 9.09. The summed E-state index contributed by atoms with van der Waals surface area (Å²) in [5.41, 5.74) is 0.651. The second-order valence-corrected chi connectivity index (χ2v) is 9.07.